The number of nitrogens with zero attached hydrogens (tertiary/aromatic N) is 1. The highest BCUT2D eigenvalue weighted by Gasteiger charge is 2.12. The average Bonchev–Trinajstić information content (AvgIpc) is 2.36. The van der Waals surface area contributed by atoms with Gasteiger partial charge in [0.2, 0.25) is 0 Å². The minimum atomic E-state index is -0.645. The fourth-order valence-corrected chi connectivity index (χ4v) is 2.11. The third-order valence-corrected chi connectivity index (χ3v) is 3.35. The van der Waals surface area contributed by atoms with Gasteiger partial charge in [-0.05, 0) is 28.1 Å². The molecule has 1 aromatic heterocycles. The van der Waals surface area contributed by atoms with Crippen molar-refractivity contribution in [3.8, 4) is 0 Å². The molecule has 0 atom stereocenters. The highest BCUT2D eigenvalue weighted by molar-refractivity contribution is 9.10. The molecule has 19 heavy (non-hydrogen) atoms. The third-order valence-electron chi connectivity index (χ3n) is 2.46. The van der Waals surface area contributed by atoms with Crippen LogP contribution >= 0.6 is 27.5 Å². The van der Waals surface area contributed by atoms with Crippen molar-refractivity contribution in [2.75, 3.05) is 0 Å². The summed E-state index contributed by atoms with van der Waals surface area (Å²) in [6, 6.07) is 6.57. The van der Waals surface area contributed by atoms with E-state index in [0.717, 1.165) is 4.57 Å². The van der Waals surface area contributed by atoms with E-state index >= 15 is 0 Å². The van der Waals surface area contributed by atoms with E-state index in [0.29, 0.717) is 10.6 Å². The quantitative estimate of drug-likeness (QED) is 0.864. The van der Waals surface area contributed by atoms with Crippen molar-refractivity contribution >= 4 is 33.3 Å². The molecule has 0 radical (unpaired) electrons. The second-order valence-corrected chi connectivity index (χ2v) is 5.03. The third kappa shape index (κ3) is 3.02. The van der Waals surface area contributed by atoms with E-state index in [1.807, 2.05) is 0 Å². The fraction of sp³-hybridized carbons (Fsp3) is 0.0833. The van der Waals surface area contributed by atoms with Gasteiger partial charge in [-0.15, -0.1) is 0 Å². The number of rotatable bonds is 3. The van der Waals surface area contributed by atoms with Gasteiger partial charge in [0, 0.05) is 11.8 Å². The van der Waals surface area contributed by atoms with E-state index in [1.54, 1.807) is 24.3 Å². The van der Waals surface area contributed by atoms with Crippen LogP contribution < -0.4 is 11.2 Å². The molecule has 2 rings (SSSR count). The van der Waals surface area contributed by atoms with E-state index < -0.39 is 11.2 Å². The standard InChI is InChI=1S/C12H8BrClN2O3/c13-8-5-16(12(19)15-11(8)18)6-10(17)7-3-1-2-4-9(7)14/h1-5H,6H2,(H,15,18,19). The lowest BCUT2D eigenvalue weighted by Crippen LogP contribution is -2.31. The lowest BCUT2D eigenvalue weighted by molar-refractivity contribution is 0.0970. The fourth-order valence-electron chi connectivity index (χ4n) is 1.53. The number of nitrogens with one attached hydrogen (secondary N) is 1. The van der Waals surface area contributed by atoms with Gasteiger partial charge in [0.15, 0.2) is 5.78 Å². The summed E-state index contributed by atoms with van der Waals surface area (Å²) in [5.41, 5.74) is -0.849. The maximum absolute atomic E-state index is 12.0. The predicted molar refractivity (Wildman–Crippen MR) is 74.8 cm³/mol. The first kappa shape index (κ1) is 13.8. The molecule has 0 unspecified atom stereocenters. The molecule has 0 aliphatic carbocycles. The molecule has 0 aliphatic heterocycles. The minimum absolute atomic E-state index is 0.180. The first-order valence-corrected chi connectivity index (χ1v) is 6.43. The van der Waals surface area contributed by atoms with Gasteiger partial charge >= 0.3 is 5.69 Å². The van der Waals surface area contributed by atoms with Crippen LogP contribution in [0.15, 0.2) is 44.5 Å². The Kier molecular flexibility index (Phi) is 4.01. The summed E-state index contributed by atoms with van der Waals surface area (Å²) >= 11 is 8.91. The summed E-state index contributed by atoms with van der Waals surface area (Å²) in [6.07, 6.45) is 1.27. The summed E-state index contributed by atoms with van der Waals surface area (Å²) in [7, 11) is 0. The van der Waals surface area contributed by atoms with E-state index in [-0.39, 0.29) is 16.8 Å². The predicted octanol–water partition coefficient (Wildman–Crippen LogP) is 1.84. The summed E-state index contributed by atoms with van der Waals surface area (Å²) in [5, 5.41) is 0.323. The van der Waals surface area contributed by atoms with Crippen molar-refractivity contribution < 1.29 is 4.79 Å². The number of carbonyl (C=O) groups excluding carboxylic acids is 1. The van der Waals surface area contributed by atoms with E-state index in [1.165, 1.54) is 6.20 Å². The minimum Gasteiger partial charge on any atom is -0.292 e. The highest BCUT2D eigenvalue weighted by Crippen LogP contribution is 2.15. The monoisotopic (exact) mass is 342 g/mol. The molecular weight excluding hydrogens is 336 g/mol. The number of benzene rings is 1. The van der Waals surface area contributed by atoms with E-state index in [4.69, 9.17) is 11.6 Å². The molecule has 1 N–H and O–H groups in total. The Labute approximate surface area is 121 Å². The molecule has 0 fully saturated rings. The van der Waals surface area contributed by atoms with E-state index in [2.05, 4.69) is 20.9 Å². The lowest BCUT2D eigenvalue weighted by atomic mass is 10.1. The Morgan fingerprint density at radius 3 is 2.68 bits per heavy atom. The van der Waals surface area contributed by atoms with Crippen LogP contribution in [0.25, 0.3) is 0 Å². The second-order valence-electron chi connectivity index (χ2n) is 3.77. The number of halogens is 2. The zero-order valence-electron chi connectivity index (χ0n) is 9.52. The van der Waals surface area contributed by atoms with Gasteiger partial charge < -0.3 is 0 Å². The van der Waals surface area contributed by atoms with Crippen LogP contribution in [-0.2, 0) is 6.54 Å². The summed E-state index contributed by atoms with van der Waals surface area (Å²) in [4.78, 5) is 36.9. The van der Waals surface area contributed by atoms with Gasteiger partial charge in [-0.1, -0.05) is 23.7 Å². The maximum atomic E-state index is 12.0. The number of H-pyrrole nitrogens is 1. The zero-order chi connectivity index (χ0) is 14.0. The van der Waals surface area contributed by atoms with Crippen molar-refractivity contribution in [3.63, 3.8) is 0 Å². The van der Waals surface area contributed by atoms with Crippen LogP contribution in [0.5, 0.6) is 0 Å². The van der Waals surface area contributed by atoms with Crippen LogP contribution in [-0.4, -0.2) is 15.3 Å². The molecule has 1 aromatic carbocycles. The molecule has 1 heterocycles. The molecule has 0 saturated heterocycles. The number of aromatic nitrogens is 2. The number of aromatic amines is 1. The Balaban J connectivity index is 2.35. The Morgan fingerprint density at radius 1 is 1.32 bits per heavy atom. The second kappa shape index (κ2) is 5.54. The van der Waals surface area contributed by atoms with Gasteiger partial charge in [-0.3, -0.25) is 19.1 Å². The molecule has 0 saturated carbocycles. The topological polar surface area (TPSA) is 71.9 Å². The molecule has 0 bridgehead atoms. The molecule has 98 valence electrons. The van der Waals surface area contributed by atoms with Crippen LogP contribution in [0.2, 0.25) is 5.02 Å². The molecule has 0 amide bonds. The van der Waals surface area contributed by atoms with Crippen molar-refractivity contribution in [2.24, 2.45) is 0 Å². The Bertz CT molecular complexity index is 751. The van der Waals surface area contributed by atoms with Gasteiger partial charge in [-0.25, -0.2) is 4.79 Å². The Hall–Kier alpha value is -1.66. The van der Waals surface area contributed by atoms with Gasteiger partial charge in [0.1, 0.15) is 0 Å². The highest BCUT2D eigenvalue weighted by atomic mass is 79.9. The molecule has 5 nitrogen and oxygen atoms in total. The number of hydrogen-bond acceptors (Lipinski definition) is 3. The van der Waals surface area contributed by atoms with Crippen molar-refractivity contribution in [1.82, 2.24) is 9.55 Å². The summed E-state index contributed by atoms with van der Waals surface area (Å²) in [5.74, 6) is -0.313. The van der Waals surface area contributed by atoms with Crippen LogP contribution in [0.3, 0.4) is 0 Å². The maximum Gasteiger partial charge on any atom is 0.328 e. The molecule has 7 heteroatoms. The van der Waals surface area contributed by atoms with Gasteiger partial charge in [0.05, 0.1) is 16.0 Å². The smallest absolute Gasteiger partial charge is 0.292 e. The van der Waals surface area contributed by atoms with Gasteiger partial charge in [0.25, 0.3) is 5.56 Å². The normalized spacial score (nSPS) is 10.4. The lowest BCUT2D eigenvalue weighted by Gasteiger charge is -2.06. The van der Waals surface area contributed by atoms with E-state index in [9.17, 15) is 14.4 Å². The number of carbonyl (C=O) groups is 1. The van der Waals surface area contributed by atoms with Crippen LogP contribution in [0, 0.1) is 0 Å². The first-order chi connectivity index (χ1) is 8.99. The number of ketones is 1. The van der Waals surface area contributed by atoms with Crippen LogP contribution in [0.1, 0.15) is 10.4 Å². The van der Waals surface area contributed by atoms with Gasteiger partial charge in [-0.2, -0.15) is 0 Å². The average molecular weight is 344 g/mol. The van der Waals surface area contributed by atoms with Crippen molar-refractivity contribution in [1.29, 1.82) is 0 Å². The molecule has 2 aromatic rings. The largest absolute Gasteiger partial charge is 0.328 e. The molecule has 0 spiro atoms. The Morgan fingerprint density at radius 2 is 2.00 bits per heavy atom. The summed E-state index contributed by atoms with van der Waals surface area (Å²) in [6.45, 7) is -0.196. The first-order valence-electron chi connectivity index (χ1n) is 5.26. The van der Waals surface area contributed by atoms with Crippen molar-refractivity contribution in [3.05, 3.63) is 66.4 Å². The number of hydrogen-bond donors (Lipinski definition) is 1. The zero-order valence-corrected chi connectivity index (χ0v) is 11.9. The molecular formula is C12H8BrClN2O3. The summed E-state index contributed by atoms with van der Waals surface area (Å²) < 4.78 is 1.29. The number of Topliss-reactive ketones (excluding diaryl/α,β-unsaturated/α-hetero) is 1. The van der Waals surface area contributed by atoms with Crippen molar-refractivity contribution in [2.45, 2.75) is 6.54 Å². The molecule has 0 aliphatic rings. The van der Waals surface area contributed by atoms with Crippen LogP contribution in [0.4, 0.5) is 0 Å². The SMILES string of the molecule is O=C(Cn1cc(Br)c(=O)[nH]c1=O)c1ccccc1Cl.